The first-order valence-electron chi connectivity index (χ1n) is 11.5. The highest BCUT2D eigenvalue weighted by atomic mass is 32.2. The van der Waals surface area contributed by atoms with Gasteiger partial charge in [-0.25, -0.2) is 4.98 Å². The van der Waals surface area contributed by atoms with Gasteiger partial charge in [-0.1, -0.05) is 43.9 Å². The third-order valence-electron chi connectivity index (χ3n) is 5.94. The van der Waals surface area contributed by atoms with Crippen molar-refractivity contribution in [2.45, 2.75) is 33.6 Å². The largest absolute Gasteiger partial charge is 0.382 e. The standard InChI is InChI=1S/C24H30N4O3S2/c1-4-31-11-7-10-28-23(30)19(33-24(28)32)13-18-21(26-14-16(2)12-17(3)15-26)25-20-8-5-6-9-27(20)22(18)29/h5-6,8-9,13,16-17H,4,7,10-12,14-15H2,1-3H3/b19-13-. The number of pyridine rings is 1. The first kappa shape index (κ1) is 23.9. The minimum absolute atomic E-state index is 0.162. The number of rotatable bonds is 7. The summed E-state index contributed by atoms with van der Waals surface area (Å²) >= 11 is 6.71. The molecule has 0 bridgehead atoms. The molecule has 0 aliphatic carbocycles. The molecule has 4 rings (SSSR count). The van der Waals surface area contributed by atoms with Crippen LogP contribution in [0, 0.1) is 11.8 Å². The average molecular weight is 487 g/mol. The smallest absolute Gasteiger partial charge is 0.267 e. The monoisotopic (exact) mass is 486 g/mol. The van der Waals surface area contributed by atoms with Gasteiger partial charge in [-0.15, -0.1) is 0 Å². The molecule has 2 aromatic heterocycles. The molecule has 2 saturated heterocycles. The fourth-order valence-corrected chi connectivity index (χ4v) is 5.88. The zero-order chi connectivity index (χ0) is 23.5. The predicted molar refractivity (Wildman–Crippen MR) is 138 cm³/mol. The van der Waals surface area contributed by atoms with E-state index in [9.17, 15) is 9.59 Å². The molecule has 2 fully saturated rings. The van der Waals surface area contributed by atoms with Gasteiger partial charge in [0.15, 0.2) is 0 Å². The minimum atomic E-state index is -0.178. The Balaban J connectivity index is 1.73. The van der Waals surface area contributed by atoms with Crippen molar-refractivity contribution in [3.05, 3.63) is 45.2 Å². The van der Waals surface area contributed by atoms with E-state index >= 15 is 0 Å². The van der Waals surface area contributed by atoms with Crippen LogP contribution in [-0.4, -0.2) is 57.4 Å². The van der Waals surface area contributed by atoms with E-state index in [1.54, 1.807) is 17.2 Å². The first-order valence-corrected chi connectivity index (χ1v) is 12.7. The second-order valence-corrected chi connectivity index (χ2v) is 10.5. The molecule has 0 spiro atoms. The van der Waals surface area contributed by atoms with E-state index < -0.39 is 0 Å². The van der Waals surface area contributed by atoms with Crippen molar-refractivity contribution in [1.29, 1.82) is 0 Å². The Hall–Kier alpha value is -2.23. The highest BCUT2D eigenvalue weighted by Gasteiger charge is 2.33. The van der Waals surface area contributed by atoms with Crippen LogP contribution in [0.2, 0.25) is 0 Å². The van der Waals surface area contributed by atoms with Crippen LogP contribution >= 0.6 is 24.0 Å². The summed E-state index contributed by atoms with van der Waals surface area (Å²) in [6.07, 6.45) is 5.27. The zero-order valence-corrected chi connectivity index (χ0v) is 21.0. The number of aromatic nitrogens is 2. The molecule has 1 amide bonds. The number of fused-ring (bicyclic) bond motifs is 1. The van der Waals surface area contributed by atoms with Gasteiger partial charge >= 0.3 is 0 Å². The number of ether oxygens (including phenoxy) is 1. The SMILES string of the molecule is CCOCCCN1C(=O)/C(=C/c2c(N3CC(C)CC(C)C3)nc3ccccn3c2=O)SC1=S. The molecule has 2 aromatic rings. The molecule has 2 unspecified atom stereocenters. The van der Waals surface area contributed by atoms with Crippen LogP contribution in [0.3, 0.4) is 0 Å². The minimum Gasteiger partial charge on any atom is -0.382 e. The van der Waals surface area contributed by atoms with Crippen molar-refractivity contribution in [3.8, 4) is 0 Å². The number of piperidine rings is 1. The molecular weight excluding hydrogens is 456 g/mol. The predicted octanol–water partition coefficient (Wildman–Crippen LogP) is 3.80. The molecule has 33 heavy (non-hydrogen) atoms. The number of carbonyl (C=O) groups is 1. The molecule has 2 atom stereocenters. The molecule has 0 aromatic carbocycles. The number of hydrogen-bond donors (Lipinski definition) is 0. The summed E-state index contributed by atoms with van der Waals surface area (Å²) < 4.78 is 7.43. The maximum absolute atomic E-state index is 13.5. The second kappa shape index (κ2) is 10.4. The van der Waals surface area contributed by atoms with Gasteiger partial charge in [0.05, 0.1) is 10.5 Å². The summed E-state index contributed by atoms with van der Waals surface area (Å²) in [7, 11) is 0. The summed E-state index contributed by atoms with van der Waals surface area (Å²) in [5.74, 6) is 1.49. The van der Waals surface area contributed by atoms with E-state index in [1.807, 2.05) is 25.1 Å². The van der Waals surface area contributed by atoms with Crippen LogP contribution < -0.4 is 10.5 Å². The molecule has 0 N–H and O–H groups in total. The topological polar surface area (TPSA) is 67.2 Å². The number of hydrogen-bond acceptors (Lipinski definition) is 7. The molecule has 7 nitrogen and oxygen atoms in total. The third kappa shape index (κ3) is 5.15. The number of amides is 1. The zero-order valence-electron chi connectivity index (χ0n) is 19.3. The van der Waals surface area contributed by atoms with Gasteiger partial charge in [0.25, 0.3) is 11.5 Å². The molecule has 176 valence electrons. The highest BCUT2D eigenvalue weighted by molar-refractivity contribution is 8.26. The summed E-state index contributed by atoms with van der Waals surface area (Å²) in [6.45, 7) is 9.79. The fourth-order valence-electron chi connectivity index (χ4n) is 4.59. The molecule has 0 saturated carbocycles. The Morgan fingerprint density at radius 3 is 2.73 bits per heavy atom. The van der Waals surface area contributed by atoms with E-state index in [2.05, 4.69) is 18.7 Å². The molecule has 0 radical (unpaired) electrons. The summed E-state index contributed by atoms with van der Waals surface area (Å²) in [5, 5.41) is 0. The molecule has 2 aliphatic heterocycles. The Bertz CT molecular complexity index is 1140. The molecular formula is C24H30N4O3S2. The summed E-state index contributed by atoms with van der Waals surface area (Å²) in [4.78, 5) is 35.8. The van der Waals surface area contributed by atoms with Crippen molar-refractivity contribution in [2.75, 3.05) is 37.7 Å². The maximum Gasteiger partial charge on any atom is 0.267 e. The number of anilines is 1. The fraction of sp³-hybridized carbons (Fsp3) is 0.500. The Kier molecular flexibility index (Phi) is 7.51. The van der Waals surface area contributed by atoms with Crippen molar-refractivity contribution in [3.63, 3.8) is 0 Å². The molecule has 4 heterocycles. The molecule has 9 heteroatoms. The second-order valence-electron chi connectivity index (χ2n) is 8.82. The van der Waals surface area contributed by atoms with E-state index in [0.29, 0.717) is 64.3 Å². The Morgan fingerprint density at radius 1 is 1.24 bits per heavy atom. The van der Waals surface area contributed by atoms with Gasteiger partial charge in [0.1, 0.15) is 15.8 Å². The lowest BCUT2D eigenvalue weighted by Gasteiger charge is -2.36. The first-order chi connectivity index (χ1) is 15.9. The van der Waals surface area contributed by atoms with Crippen molar-refractivity contribution >= 4 is 51.7 Å². The van der Waals surface area contributed by atoms with Gasteiger partial charge in [0, 0.05) is 39.0 Å². The lowest BCUT2D eigenvalue weighted by molar-refractivity contribution is -0.122. The number of thioether (sulfide) groups is 1. The van der Waals surface area contributed by atoms with E-state index in [0.717, 1.165) is 19.5 Å². The maximum atomic E-state index is 13.5. The lowest BCUT2D eigenvalue weighted by atomic mass is 9.91. The third-order valence-corrected chi connectivity index (χ3v) is 7.32. The lowest BCUT2D eigenvalue weighted by Crippen LogP contribution is -2.40. The normalized spacial score (nSPS) is 22.7. The van der Waals surface area contributed by atoms with Gasteiger partial charge < -0.3 is 9.64 Å². The van der Waals surface area contributed by atoms with Crippen LogP contribution in [0.1, 0.15) is 39.2 Å². The van der Waals surface area contributed by atoms with Gasteiger partial charge in [-0.2, -0.15) is 0 Å². The van der Waals surface area contributed by atoms with Crippen LogP contribution in [-0.2, 0) is 9.53 Å². The van der Waals surface area contributed by atoms with E-state index in [-0.39, 0.29) is 11.5 Å². The summed E-state index contributed by atoms with van der Waals surface area (Å²) in [5.41, 5.74) is 0.863. The number of nitrogens with zero attached hydrogens (tertiary/aromatic N) is 4. The van der Waals surface area contributed by atoms with Gasteiger partial charge in [0.2, 0.25) is 0 Å². The van der Waals surface area contributed by atoms with Crippen LogP contribution in [0.4, 0.5) is 5.82 Å². The highest BCUT2D eigenvalue weighted by Crippen LogP contribution is 2.34. The van der Waals surface area contributed by atoms with Crippen LogP contribution in [0.25, 0.3) is 11.7 Å². The van der Waals surface area contributed by atoms with E-state index in [1.165, 1.54) is 16.2 Å². The summed E-state index contributed by atoms with van der Waals surface area (Å²) in [6, 6.07) is 5.52. The van der Waals surface area contributed by atoms with Crippen molar-refractivity contribution in [2.24, 2.45) is 11.8 Å². The quantitative estimate of drug-likeness (QED) is 0.335. The van der Waals surface area contributed by atoms with Gasteiger partial charge in [-0.05, 0) is 49.8 Å². The van der Waals surface area contributed by atoms with Crippen LogP contribution in [0.15, 0.2) is 34.1 Å². The Morgan fingerprint density at radius 2 is 2.00 bits per heavy atom. The number of carbonyl (C=O) groups excluding carboxylic acids is 1. The van der Waals surface area contributed by atoms with Gasteiger partial charge in [-0.3, -0.25) is 18.9 Å². The van der Waals surface area contributed by atoms with Crippen molar-refractivity contribution < 1.29 is 9.53 Å². The molecule has 2 aliphatic rings. The van der Waals surface area contributed by atoms with Crippen LogP contribution in [0.5, 0.6) is 0 Å². The average Bonchev–Trinajstić information content (AvgIpc) is 3.05. The van der Waals surface area contributed by atoms with Crippen molar-refractivity contribution in [1.82, 2.24) is 14.3 Å². The number of thiocarbonyl (C=S) groups is 1. The van der Waals surface area contributed by atoms with E-state index in [4.69, 9.17) is 21.9 Å². The Labute approximate surface area is 203 Å².